The van der Waals surface area contributed by atoms with E-state index in [1.807, 2.05) is 0 Å². The summed E-state index contributed by atoms with van der Waals surface area (Å²) < 4.78 is 25.2. The van der Waals surface area contributed by atoms with Crippen molar-refractivity contribution in [3.63, 3.8) is 0 Å². The number of piperazine rings is 1. The van der Waals surface area contributed by atoms with Gasteiger partial charge in [-0.15, -0.1) is 11.8 Å². The van der Waals surface area contributed by atoms with Gasteiger partial charge >= 0.3 is 0 Å². The summed E-state index contributed by atoms with van der Waals surface area (Å²) in [6.45, 7) is 0.379. The molecule has 28 heavy (non-hydrogen) atoms. The molecule has 0 saturated carbocycles. The van der Waals surface area contributed by atoms with Crippen molar-refractivity contribution in [2.75, 3.05) is 43.9 Å². The van der Waals surface area contributed by atoms with Crippen LogP contribution in [0.3, 0.4) is 0 Å². The zero-order valence-electron chi connectivity index (χ0n) is 15.4. The van der Waals surface area contributed by atoms with Crippen LogP contribution in [0.1, 0.15) is 12.8 Å². The van der Waals surface area contributed by atoms with Gasteiger partial charge in [-0.2, -0.15) is 4.31 Å². The summed E-state index contributed by atoms with van der Waals surface area (Å²) >= 11 is 0.869. The minimum atomic E-state index is -3.71. The van der Waals surface area contributed by atoms with E-state index < -0.39 is 39.9 Å². The molecule has 2 N–H and O–H groups in total. The number of hydrogen-bond acceptors (Lipinski definition) is 8. The molecule has 2 rings (SSSR count). The van der Waals surface area contributed by atoms with Gasteiger partial charge in [-0.3, -0.25) is 14.4 Å². The maximum Gasteiger partial charge on any atom is 0.242 e. The number of hydrogen-bond donors (Lipinski definition) is 2. The molecule has 2 saturated heterocycles. The summed E-state index contributed by atoms with van der Waals surface area (Å²) in [6.07, 6.45) is 2.12. The van der Waals surface area contributed by atoms with Gasteiger partial charge < -0.3 is 25.4 Å². The highest BCUT2D eigenvalue weighted by Crippen LogP contribution is 2.16. The van der Waals surface area contributed by atoms with Crippen molar-refractivity contribution in [3.05, 3.63) is 0 Å². The molecule has 3 amide bonds. The van der Waals surface area contributed by atoms with E-state index in [-0.39, 0.29) is 37.0 Å². The highest BCUT2D eigenvalue weighted by molar-refractivity contribution is 8.00. The lowest BCUT2D eigenvalue weighted by Crippen LogP contribution is -2.63. The van der Waals surface area contributed by atoms with Crippen molar-refractivity contribution < 1.29 is 32.7 Å². The number of aliphatic carboxylic acids is 1. The molecule has 2 aliphatic heterocycles. The van der Waals surface area contributed by atoms with Crippen molar-refractivity contribution in [2.24, 2.45) is 0 Å². The Hall–Kier alpha value is -1.86. The van der Waals surface area contributed by atoms with E-state index in [4.69, 9.17) is 0 Å². The Labute approximate surface area is 167 Å². The summed E-state index contributed by atoms with van der Waals surface area (Å²) in [7, 11) is -3.71. The van der Waals surface area contributed by atoms with Crippen molar-refractivity contribution in [1.29, 1.82) is 0 Å². The first-order chi connectivity index (χ1) is 13.1. The third-order valence-electron chi connectivity index (χ3n) is 4.46. The number of thioether (sulfide) groups is 1. The molecule has 158 valence electrons. The van der Waals surface area contributed by atoms with Crippen LogP contribution in [-0.4, -0.2) is 97.3 Å². The highest BCUT2D eigenvalue weighted by atomic mass is 32.2. The minimum Gasteiger partial charge on any atom is -0.549 e. The van der Waals surface area contributed by atoms with E-state index in [2.05, 4.69) is 10.6 Å². The van der Waals surface area contributed by atoms with E-state index >= 15 is 0 Å². The molecule has 13 heteroatoms. The van der Waals surface area contributed by atoms with Crippen LogP contribution >= 0.6 is 11.8 Å². The van der Waals surface area contributed by atoms with Gasteiger partial charge in [-0.25, -0.2) is 8.42 Å². The van der Waals surface area contributed by atoms with Gasteiger partial charge in [0.05, 0.1) is 18.0 Å². The molecular formula is C15H23N4O7S2-. The number of carbonyl (C=O) groups excluding carboxylic acids is 4. The lowest BCUT2D eigenvalue weighted by Gasteiger charge is -2.39. The molecule has 2 aliphatic rings. The molecule has 0 aromatic heterocycles. The summed E-state index contributed by atoms with van der Waals surface area (Å²) in [4.78, 5) is 48.6. The Morgan fingerprint density at radius 1 is 1.29 bits per heavy atom. The predicted molar refractivity (Wildman–Crippen MR) is 98.4 cm³/mol. The van der Waals surface area contributed by atoms with Crippen molar-refractivity contribution >= 4 is 45.5 Å². The van der Waals surface area contributed by atoms with Crippen molar-refractivity contribution in [3.8, 4) is 0 Å². The first-order valence-corrected chi connectivity index (χ1v) is 11.7. The predicted octanol–water partition coefficient (Wildman–Crippen LogP) is -3.66. The van der Waals surface area contributed by atoms with Crippen molar-refractivity contribution in [1.82, 2.24) is 19.8 Å². The van der Waals surface area contributed by atoms with Gasteiger partial charge in [0.15, 0.2) is 0 Å². The molecule has 2 atom stereocenters. The second-order valence-electron chi connectivity index (χ2n) is 6.59. The average Bonchev–Trinajstić information content (AvgIpc) is 2.62. The number of amides is 3. The van der Waals surface area contributed by atoms with Crippen LogP contribution in [0, 0.1) is 0 Å². The van der Waals surface area contributed by atoms with Gasteiger partial charge in [0.1, 0.15) is 12.1 Å². The van der Waals surface area contributed by atoms with Gasteiger partial charge in [0, 0.05) is 31.9 Å². The number of rotatable bonds is 7. The molecule has 0 spiro atoms. The van der Waals surface area contributed by atoms with Crippen LogP contribution in [0.15, 0.2) is 0 Å². The lowest BCUT2D eigenvalue weighted by atomic mass is 10.1. The Balaban J connectivity index is 2.06. The number of piperidine rings is 1. The lowest BCUT2D eigenvalue weighted by molar-refractivity contribution is -0.301. The Bertz CT molecular complexity index is 743. The molecule has 2 fully saturated rings. The monoisotopic (exact) mass is 435 g/mol. The zero-order chi connectivity index (χ0) is 20.9. The SMILES string of the molecule is CS(=O)(=O)N1CCN(C(=O)CSCC(=O)[O-])C[C@H]1C(=O)N[C@H]1CCCNC1=O. The number of carboxylic acid groups (broad SMARTS) is 1. The normalized spacial score (nSPS) is 23.8. The van der Waals surface area contributed by atoms with Gasteiger partial charge in [0.25, 0.3) is 0 Å². The first-order valence-electron chi connectivity index (χ1n) is 8.70. The molecule has 0 bridgehead atoms. The van der Waals surface area contributed by atoms with Crippen LogP contribution in [0.4, 0.5) is 0 Å². The number of carbonyl (C=O) groups is 4. The van der Waals surface area contributed by atoms with Crippen LogP contribution in [0.5, 0.6) is 0 Å². The smallest absolute Gasteiger partial charge is 0.242 e. The molecule has 0 unspecified atom stereocenters. The molecule has 0 aliphatic carbocycles. The number of nitrogens with zero attached hydrogens (tertiary/aromatic N) is 2. The maximum absolute atomic E-state index is 12.7. The Morgan fingerprint density at radius 2 is 2.00 bits per heavy atom. The standard InChI is InChI=1S/C15H24N4O7S2/c1-28(25,26)19-6-5-18(12(20)8-27-9-13(21)22)7-11(19)15(24)17-10-3-2-4-16-14(10)23/h10-11H,2-9H2,1H3,(H,16,23)(H,17,24)(H,21,22)/p-1/t10-,11-/m0/s1. The van der Waals surface area contributed by atoms with Gasteiger partial charge in [0.2, 0.25) is 27.7 Å². The van der Waals surface area contributed by atoms with E-state index in [0.717, 1.165) is 22.3 Å². The van der Waals surface area contributed by atoms with Crippen LogP contribution in [0.25, 0.3) is 0 Å². The first kappa shape index (κ1) is 22.4. The van der Waals surface area contributed by atoms with E-state index in [1.165, 1.54) is 4.90 Å². The largest absolute Gasteiger partial charge is 0.549 e. The van der Waals surface area contributed by atoms with E-state index in [1.54, 1.807) is 0 Å². The topological polar surface area (TPSA) is 156 Å². The fourth-order valence-corrected chi connectivity index (χ4v) is 4.76. The average molecular weight is 436 g/mol. The van der Waals surface area contributed by atoms with Crippen LogP contribution < -0.4 is 15.7 Å². The fourth-order valence-electron chi connectivity index (χ4n) is 3.09. The molecule has 0 aromatic rings. The zero-order valence-corrected chi connectivity index (χ0v) is 17.0. The van der Waals surface area contributed by atoms with Gasteiger partial charge in [-0.05, 0) is 12.8 Å². The van der Waals surface area contributed by atoms with Crippen molar-refractivity contribution in [2.45, 2.75) is 24.9 Å². The number of sulfonamides is 1. The number of nitrogens with one attached hydrogen (secondary N) is 2. The van der Waals surface area contributed by atoms with E-state index in [0.29, 0.717) is 19.4 Å². The highest BCUT2D eigenvalue weighted by Gasteiger charge is 2.40. The summed E-state index contributed by atoms with van der Waals surface area (Å²) in [5.74, 6) is -3.11. The quantitative estimate of drug-likeness (QED) is 0.414. The Morgan fingerprint density at radius 3 is 2.61 bits per heavy atom. The maximum atomic E-state index is 12.7. The summed E-state index contributed by atoms with van der Waals surface area (Å²) in [5.41, 5.74) is 0. The summed E-state index contributed by atoms with van der Waals surface area (Å²) in [6, 6.07) is -1.90. The fraction of sp³-hybridized carbons (Fsp3) is 0.733. The number of carboxylic acids is 1. The molecule has 11 nitrogen and oxygen atoms in total. The van der Waals surface area contributed by atoms with Crippen LogP contribution in [-0.2, 0) is 29.2 Å². The molecule has 0 aromatic carbocycles. The molecule has 2 heterocycles. The summed E-state index contributed by atoms with van der Waals surface area (Å²) in [5, 5.41) is 15.7. The third kappa shape index (κ3) is 6.07. The molecule has 0 radical (unpaired) electrons. The van der Waals surface area contributed by atoms with E-state index in [9.17, 15) is 32.7 Å². The second kappa shape index (κ2) is 9.56. The van der Waals surface area contributed by atoms with Gasteiger partial charge in [-0.1, -0.05) is 0 Å². The second-order valence-corrected chi connectivity index (χ2v) is 9.51. The molecular weight excluding hydrogens is 412 g/mol. The minimum absolute atomic E-state index is 0.0648. The Kier molecular flexibility index (Phi) is 7.66. The third-order valence-corrected chi connectivity index (χ3v) is 6.64. The van der Waals surface area contributed by atoms with Crippen LogP contribution in [0.2, 0.25) is 0 Å².